The molecule has 0 heterocycles. The average Bonchev–Trinajstić information content (AvgIpc) is 2.88. The van der Waals surface area contributed by atoms with Gasteiger partial charge in [-0.15, -0.1) is 0 Å². The first-order valence-electron chi connectivity index (χ1n) is 6.57. The third-order valence-corrected chi connectivity index (χ3v) is 5.50. The summed E-state index contributed by atoms with van der Waals surface area (Å²) in [5, 5.41) is 0. The highest BCUT2D eigenvalue weighted by Gasteiger charge is 2.50. The van der Waals surface area contributed by atoms with Crippen molar-refractivity contribution < 1.29 is 4.79 Å². The van der Waals surface area contributed by atoms with Crippen molar-refractivity contribution in [2.24, 2.45) is 23.5 Å². The number of rotatable bonds is 4. The summed E-state index contributed by atoms with van der Waals surface area (Å²) in [7, 11) is 1.93. The van der Waals surface area contributed by atoms with Gasteiger partial charge in [-0.25, -0.2) is 0 Å². The summed E-state index contributed by atoms with van der Waals surface area (Å²) in [6, 6.07) is 0.425. The molecule has 0 aromatic heterocycles. The Morgan fingerprint density at radius 3 is 2.65 bits per heavy atom. The summed E-state index contributed by atoms with van der Waals surface area (Å²) in [6.07, 6.45) is 5.71. The van der Waals surface area contributed by atoms with Crippen LogP contribution in [0.3, 0.4) is 0 Å². The Bertz CT molecular complexity index is 295. The van der Waals surface area contributed by atoms with E-state index in [1.54, 1.807) is 11.8 Å². The quantitative estimate of drug-likeness (QED) is 0.830. The van der Waals surface area contributed by atoms with Gasteiger partial charge in [-0.2, -0.15) is 11.8 Å². The molecule has 2 aliphatic carbocycles. The van der Waals surface area contributed by atoms with Crippen LogP contribution in [0.25, 0.3) is 0 Å². The highest BCUT2D eigenvalue weighted by atomic mass is 32.2. The molecule has 0 saturated heterocycles. The maximum absolute atomic E-state index is 12.5. The highest BCUT2D eigenvalue weighted by Crippen LogP contribution is 2.48. The molecule has 2 fully saturated rings. The van der Waals surface area contributed by atoms with Gasteiger partial charge >= 0.3 is 0 Å². The molecule has 2 bridgehead atoms. The molecule has 3 nitrogen and oxygen atoms in total. The zero-order valence-electron chi connectivity index (χ0n) is 11.1. The summed E-state index contributed by atoms with van der Waals surface area (Å²) >= 11 is 1.79. The summed E-state index contributed by atoms with van der Waals surface area (Å²) in [5.74, 6) is 2.55. The van der Waals surface area contributed by atoms with Crippen LogP contribution in [0, 0.1) is 17.8 Å². The van der Waals surface area contributed by atoms with E-state index in [1.807, 2.05) is 11.9 Å². The van der Waals surface area contributed by atoms with E-state index in [9.17, 15) is 4.79 Å². The zero-order chi connectivity index (χ0) is 12.6. The van der Waals surface area contributed by atoms with E-state index < -0.39 is 0 Å². The lowest BCUT2D eigenvalue weighted by Crippen LogP contribution is -2.48. The molecule has 17 heavy (non-hydrogen) atoms. The number of nitrogens with zero attached hydrogens (tertiary/aromatic N) is 1. The third-order valence-electron chi connectivity index (χ3n) is 4.68. The first-order valence-corrected chi connectivity index (χ1v) is 7.96. The zero-order valence-corrected chi connectivity index (χ0v) is 11.9. The van der Waals surface area contributed by atoms with Crippen LogP contribution in [0.5, 0.6) is 0 Å². The predicted octanol–water partition coefficient (Wildman–Crippen LogP) is 1.57. The minimum absolute atomic E-state index is 0.100. The average molecular weight is 256 g/mol. The molecule has 1 amide bonds. The van der Waals surface area contributed by atoms with Crippen molar-refractivity contribution in [3.63, 3.8) is 0 Å². The first-order chi connectivity index (χ1) is 8.06. The Kier molecular flexibility index (Phi) is 4.03. The van der Waals surface area contributed by atoms with Crippen LogP contribution in [-0.4, -0.2) is 41.9 Å². The van der Waals surface area contributed by atoms with Crippen LogP contribution in [0.15, 0.2) is 0 Å². The number of hydrogen-bond donors (Lipinski definition) is 1. The van der Waals surface area contributed by atoms with E-state index in [-0.39, 0.29) is 17.9 Å². The van der Waals surface area contributed by atoms with Crippen LogP contribution in [0.4, 0.5) is 0 Å². The second-order valence-corrected chi connectivity index (χ2v) is 6.60. The maximum Gasteiger partial charge on any atom is 0.227 e. The van der Waals surface area contributed by atoms with Crippen molar-refractivity contribution in [1.82, 2.24) is 4.90 Å². The van der Waals surface area contributed by atoms with Crippen LogP contribution < -0.4 is 5.73 Å². The second-order valence-electron chi connectivity index (χ2n) is 5.69. The molecule has 5 unspecified atom stereocenters. The normalized spacial score (nSPS) is 37.2. The molecule has 98 valence electrons. The molecule has 0 aliphatic heterocycles. The van der Waals surface area contributed by atoms with Crippen LogP contribution in [-0.2, 0) is 4.79 Å². The van der Waals surface area contributed by atoms with Crippen molar-refractivity contribution in [2.45, 2.75) is 38.3 Å². The molecule has 0 aromatic carbocycles. The third kappa shape index (κ3) is 2.34. The molecular weight excluding hydrogens is 232 g/mol. The minimum Gasteiger partial charge on any atom is -0.342 e. The standard InChI is InChI=1S/C13H24N2OS/c1-8(7-17-3)15(2)13(16)11-9-4-5-10(6-9)12(11)14/h8-12H,4-7,14H2,1-3H3. The first kappa shape index (κ1) is 13.2. The molecule has 5 atom stereocenters. The molecule has 0 aromatic rings. The fourth-order valence-corrected chi connectivity index (χ4v) is 4.21. The van der Waals surface area contributed by atoms with Gasteiger partial charge < -0.3 is 10.6 Å². The van der Waals surface area contributed by atoms with E-state index in [0.717, 1.165) is 5.75 Å². The Hall–Kier alpha value is -0.220. The number of carbonyl (C=O) groups is 1. The van der Waals surface area contributed by atoms with Gasteiger partial charge in [-0.3, -0.25) is 4.79 Å². The molecule has 2 aliphatic rings. The van der Waals surface area contributed by atoms with Gasteiger partial charge in [0.25, 0.3) is 0 Å². The van der Waals surface area contributed by atoms with Crippen molar-refractivity contribution >= 4 is 17.7 Å². The van der Waals surface area contributed by atoms with Gasteiger partial charge in [0, 0.05) is 24.9 Å². The molecule has 0 radical (unpaired) electrons. The lowest BCUT2D eigenvalue weighted by atomic mass is 9.84. The summed E-state index contributed by atoms with van der Waals surface area (Å²) in [5.41, 5.74) is 6.22. The number of amides is 1. The van der Waals surface area contributed by atoms with Crippen molar-refractivity contribution in [3.05, 3.63) is 0 Å². The summed E-state index contributed by atoms with van der Waals surface area (Å²) < 4.78 is 0. The fraction of sp³-hybridized carbons (Fsp3) is 0.923. The van der Waals surface area contributed by atoms with Gasteiger partial charge in [0.05, 0.1) is 5.92 Å². The summed E-state index contributed by atoms with van der Waals surface area (Å²) in [4.78, 5) is 14.4. The monoisotopic (exact) mass is 256 g/mol. The Labute approximate surface area is 108 Å². The van der Waals surface area contributed by atoms with Gasteiger partial charge in [0.2, 0.25) is 5.91 Å². The van der Waals surface area contributed by atoms with Gasteiger partial charge in [-0.1, -0.05) is 0 Å². The Morgan fingerprint density at radius 1 is 1.47 bits per heavy atom. The van der Waals surface area contributed by atoms with Gasteiger partial charge in [0.15, 0.2) is 0 Å². The largest absolute Gasteiger partial charge is 0.342 e. The number of nitrogens with two attached hydrogens (primary N) is 1. The smallest absolute Gasteiger partial charge is 0.227 e. The van der Waals surface area contributed by atoms with E-state index >= 15 is 0 Å². The Balaban J connectivity index is 2.00. The van der Waals surface area contributed by atoms with Crippen LogP contribution >= 0.6 is 11.8 Å². The fourth-order valence-electron chi connectivity index (χ4n) is 3.51. The highest BCUT2D eigenvalue weighted by molar-refractivity contribution is 7.98. The number of carbonyl (C=O) groups excluding carboxylic acids is 1. The van der Waals surface area contributed by atoms with E-state index in [1.165, 1.54) is 19.3 Å². The van der Waals surface area contributed by atoms with E-state index in [2.05, 4.69) is 13.2 Å². The Morgan fingerprint density at radius 2 is 2.12 bits per heavy atom. The molecule has 4 heteroatoms. The lowest BCUT2D eigenvalue weighted by molar-refractivity contribution is -0.137. The van der Waals surface area contributed by atoms with Crippen molar-refractivity contribution in [2.75, 3.05) is 19.1 Å². The molecule has 2 rings (SSSR count). The van der Waals surface area contributed by atoms with E-state index in [0.29, 0.717) is 17.9 Å². The number of hydrogen-bond acceptors (Lipinski definition) is 3. The predicted molar refractivity (Wildman–Crippen MR) is 72.9 cm³/mol. The molecular formula is C13H24N2OS. The van der Waals surface area contributed by atoms with Gasteiger partial charge in [0.1, 0.15) is 0 Å². The molecule has 2 N–H and O–H groups in total. The van der Waals surface area contributed by atoms with Crippen molar-refractivity contribution in [3.8, 4) is 0 Å². The SMILES string of the molecule is CSCC(C)N(C)C(=O)C1C2CCC(C2)C1N. The molecule has 2 saturated carbocycles. The maximum atomic E-state index is 12.5. The topological polar surface area (TPSA) is 46.3 Å². The lowest BCUT2D eigenvalue weighted by Gasteiger charge is -2.33. The minimum atomic E-state index is 0.100. The summed E-state index contributed by atoms with van der Waals surface area (Å²) in [6.45, 7) is 2.12. The number of fused-ring (bicyclic) bond motifs is 2. The van der Waals surface area contributed by atoms with Crippen LogP contribution in [0.1, 0.15) is 26.2 Å². The van der Waals surface area contributed by atoms with E-state index in [4.69, 9.17) is 5.73 Å². The van der Waals surface area contributed by atoms with Crippen LogP contribution in [0.2, 0.25) is 0 Å². The molecule has 0 spiro atoms. The number of thioether (sulfide) groups is 1. The second kappa shape index (κ2) is 5.19. The van der Waals surface area contributed by atoms with Crippen molar-refractivity contribution in [1.29, 1.82) is 0 Å². The van der Waals surface area contributed by atoms with Gasteiger partial charge in [-0.05, 0) is 44.3 Å².